The number of phenols is 1. The molecule has 0 unspecified atom stereocenters. The summed E-state index contributed by atoms with van der Waals surface area (Å²) in [7, 11) is 0. The van der Waals surface area contributed by atoms with Crippen LogP contribution < -0.4 is 9.80 Å². The van der Waals surface area contributed by atoms with Crippen molar-refractivity contribution in [2.75, 3.05) is 9.80 Å². The molecule has 2 heterocycles. The summed E-state index contributed by atoms with van der Waals surface area (Å²) in [6, 6.07) is 9.60. The summed E-state index contributed by atoms with van der Waals surface area (Å²) in [5.74, 6) is -22.3. The molecule has 10 nitrogen and oxygen atoms in total. The number of hydrogen-bond donors (Lipinski definition) is 1. The molecule has 2 aliphatic carbocycles. The highest BCUT2D eigenvalue weighted by molar-refractivity contribution is 6.58. The van der Waals surface area contributed by atoms with Gasteiger partial charge in [-0.25, -0.2) is 26.9 Å². The molecule has 252 valence electrons. The number of imide groups is 2. The van der Waals surface area contributed by atoms with E-state index in [0.29, 0.717) is 0 Å². The molecule has 6 atom stereocenters. The molecular weight excluding hydrogens is 704 g/mol. The lowest BCUT2D eigenvalue weighted by Crippen LogP contribution is -2.60. The number of alkyl halides is 2. The molecule has 0 spiro atoms. The first-order valence-electron chi connectivity index (χ1n) is 14.5. The monoisotopic (exact) mass is 721 g/mol. The van der Waals surface area contributed by atoms with Gasteiger partial charge in [-0.1, -0.05) is 23.8 Å². The molecule has 1 N–H and O–H groups in total. The largest absolute Gasteiger partial charge is 0.508 e. The number of halogens is 7. The van der Waals surface area contributed by atoms with E-state index in [1.165, 1.54) is 42.5 Å². The number of hydrogen-bond acceptors (Lipinski definition) is 7. The molecule has 3 fully saturated rings. The summed E-state index contributed by atoms with van der Waals surface area (Å²) in [5.41, 5.74) is -1.84. The van der Waals surface area contributed by atoms with Crippen LogP contribution in [0.4, 0.5) is 39.0 Å². The number of anilines is 2. The van der Waals surface area contributed by atoms with Gasteiger partial charge in [-0.15, -0.1) is 23.2 Å². The smallest absolute Gasteiger partial charge is 0.269 e. The number of nitro groups is 1. The zero-order valence-electron chi connectivity index (χ0n) is 24.3. The van der Waals surface area contributed by atoms with E-state index in [2.05, 4.69) is 0 Å². The van der Waals surface area contributed by atoms with Crippen molar-refractivity contribution in [3.05, 3.63) is 105 Å². The molecule has 2 aliphatic heterocycles. The van der Waals surface area contributed by atoms with E-state index in [-0.39, 0.29) is 39.6 Å². The van der Waals surface area contributed by atoms with Gasteiger partial charge in [-0.05, 0) is 48.6 Å². The van der Waals surface area contributed by atoms with Crippen LogP contribution in [0.25, 0.3) is 0 Å². The maximum absolute atomic E-state index is 15.1. The van der Waals surface area contributed by atoms with Crippen LogP contribution in [0.3, 0.4) is 0 Å². The van der Waals surface area contributed by atoms with Crippen LogP contribution in [0, 0.1) is 57.0 Å². The van der Waals surface area contributed by atoms with Gasteiger partial charge in [0, 0.05) is 18.1 Å². The van der Waals surface area contributed by atoms with Crippen molar-refractivity contribution in [1.82, 2.24) is 0 Å². The average molecular weight is 722 g/mol. The fourth-order valence-electron chi connectivity index (χ4n) is 7.59. The van der Waals surface area contributed by atoms with Crippen molar-refractivity contribution in [2.24, 2.45) is 17.8 Å². The number of carbonyl (C=O) groups is 4. The lowest BCUT2D eigenvalue weighted by atomic mass is 9.56. The fraction of sp³-hybridized carbons (Fsp3) is 0.250. The Bertz CT molecular complexity index is 2050. The van der Waals surface area contributed by atoms with Gasteiger partial charge in [0.05, 0.1) is 22.4 Å². The zero-order chi connectivity index (χ0) is 35.5. The Balaban J connectivity index is 1.39. The maximum Gasteiger partial charge on any atom is 0.269 e. The summed E-state index contributed by atoms with van der Waals surface area (Å²) in [4.78, 5) is 61.8. The minimum absolute atomic E-state index is 0.0133. The predicted octanol–water partition coefficient (Wildman–Crippen LogP) is 5.76. The van der Waals surface area contributed by atoms with Crippen molar-refractivity contribution in [3.8, 4) is 5.75 Å². The van der Waals surface area contributed by atoms with E-state index in [1.54, 1.807) is 0 Å². The molecule has 2 saturated heterocycles. The van der Waals surface area contributed by atoms with Crippen LogP contribution in [0.1, 0.15) is 24.3 Å². The zero-order valence-corrected chi connectivity index (χ0v) is 25.8. The Morgan fingerprint density at radius 2 is 1.35 bits per heavy atom. The van der Waals surface area contributed by atoms with Gasteiger partial charge in [-0.3, -0.25) is 34.2 Å². The molecule has 3 aromatic rings. The summed E-state index contributed by atoms with van der Waals surface area (Å²) >= 11 is 14.1. The molecule has 17 heteroatoms. The van der Waals surface area contributed by atoms with Crippen LogP contribution in [0.5, 0.6) is 5.75 Å². The summed E-state index contributed by atoms with van der Waals surface area (Å²) in [5, 5.41) is 21.1. The number of non-ortho nitro benzene ring substituents is 1. The number of fused-ring (bicyclic) bond motifs is 4. The van der Waals surface area contributed by atoms with Crippen molar-refractivity contribution in [3.63, 3.8) is 0 Å². The van der Waals surface area contributed by atoms with E-state index < -0.39 is 103 Å². The number of allylic oxidation sites excluding steroid dienone is 2. The van der Waals surface area contributed by atoms with Crippen LogP contribution in [0.2, 0.25) is 0 Å². The lowest BCUT2D eigenvalue weighted by molar-refractivity contribution is -0.384. The maximum atomic E-state index is 15.1. The summed E-state index contributed by atoms with van der Waals surface area (Å²) < 4.78 is 72.9. The third-order valence-electron chi connectivity index (χ3n) is 9.77. The Hall–Kier alpha value is -4.89. The molecule has 4 amide bonds. The summed E-state index contributed by atoms with van der Waals surface area (Å²) in [6.45, 7) is 0. The van der Waals surface area contributed by atoms with E-state index in [4.69, 9.17) is 23.2 Å². The number of nitro benzene ring substituents is 1. The molecule has 4 aliphatic rings. The number of nitrogens with zero attached hydrogens (tertiary/aromatic N) is 3. The van der Waals surface area contributed by atoms with E-state index in [1.807, 2.05) is 0 Å². The van der Waals surface area contributed by atoms with Crippen molar-refractivity contribution in [1.29, 1.82) is 0 Å². The quantitative estimate of drug-likeness (QED) is 0.0528. The molecule has 7 rings (SSSR count). The van der Waals surface area contributed by atoms with Gasteiger partial charge in [0.15, 0.2) is 33.0 Å². The first-order valence-corrected chi connectivity index (χ1v) is 15.2. The number of phenolic OH excluding ortho intramolecular Hbond substituents is 1. The summed E-state index contributed by atoms with van der Waals surface area (Å²) in [6.07, 6.45) is 0.738. The SMILES string of the molecule is O=C1[C@H]2[C@H](CC=C3[C@H]2C[C@@]2(Cl)C(=O)N(c4c(F)c(F)c(F)c(F)c4F)C(=O)[C@@]2(Cl)[C@H]3c2ccc(O)cc2)C(=O)N1c1ccc([N+](=O)[O-])cc1. The van der Waals surface area contributed by atoms with E-state index in [9.17, 15) is 47.6 Å². The minimum atomic E-state index is -2.69. The average Bonchev–Trinajstić information content (AvgIpc) is 3.41. The van der Waals surface area contributed by atoms with E-state index >= 15 is 8.78 Å². The van der Waals surface area contributed by atoms with Gasteiger partial charge >= 0.3 is 0 Å². The predicted molar refractivity (Wildman–Crippen MR) is 160 cm³/mol. The number of rotatable bonds is 4. The number of amides is 4. The van der Waals surface area contributed by atoms with Gasteiger partial charge < -0.3 is 5.11 Å². The van der Waals surface area contributed by atoms with Gasteiger partial charge in [-0.2, -0.15) is 0 Å². The molecule has 1 saturated carbocycles. The van der Waals surface area contributed by atoms with Crippen LogP contribution in [0.15, 0.2) is 60.2 Å². The first-order chi connectivity index (χ1) is 23.1. The minimum Gasteiger partial charge on any atom is -0.508 e. The lowest BCUT2D eigenvalue weighted by Gasteiger charge is -2.50. The highest BCUT2D eigenvalue weighted by atomic mass is 35.5. The van der Waals surface area contributed by atoms with Crippen molar-refractivity contribution >= 4 is 63.9 Å². The number of benzene rings is 3. The highest BCUT2D eigenvalue weighted by Crippen LogP contribution is 2.66. The topological polar surface area (TPSA) is 138 Å². The Labute approximate surface area is 281 Å². The molecule has 3 aromatic carbocycles. The second-order valence-electron chi connectivity index (χ2n) is 12.1. The number of carbonyl (C=O) groups excluding carboxylic acids is 4. The molecule has 49 heavy (non-hydrogen) atoms. The molecular formula is C32H18Cl2F5N3O7. The van der Waals surface area contributed by atoms with Crippen LogP contribution in [-0.2, 0) is 19.2 Å². The van der Waals surface area contributed by atoms with Crippen molar-refractivity contribution < 1.29 is 51.2 Å². The Kier molecular flexibility index (Phi) is 7.20. The van der Waals surface area contributed by atoms with Gasteiger partial charge in [0.25, 0.3) is 17.5 Å². The van der Waals surface area contributed by atoms with Crippen LogP contribution in [-0.4, -0.2) is 43.4 Å². The van der Waals surface area contributed by atoms with Crippen molar-refractivity contribution in [2.45, 2.75) is 28.5 Å². The molecule has 0 radical (unpaired) electrons. The standard InChI is InChI=1S/C32H18Cl2F5N3O7/c33-31-11-18-16(9-10-17-19(18)28(45)40(27(17)44)13-3-5-14(6-4-13)42(48)49)20(12-1-7-15(43)8-2-12)32(31,34)30(47)41(29(31)46)26-24(38)22(36)21(35)23(37)25(26)39/h1-9,17-20,43H,10-11H2/t17-,18+,19-,20-,31+,32-/m0/s1. The highest BCUT2D eigenvalue weighted by Gasteiger charge is 2.77. The third-order valence-corrected chi connectivity index (χ3v) is 11.2. The Morgan fingerprint density at radius 1 is 0.776 bits per heavy atom. The van der Waals surface area contributed by atoms with Gasteiger partial charge in [0.1, 0.15) is 11.4 Å². The van der Waals surface area contributed by atoms with E-state index in [0.717, 1.165) is 17.0 Å². The Morgan fingerprint density at radius 3 is 1.92 bits per heavy atom. The second kappa shape index (κ2) is 10.8. The van der Waals surface area contributed by atoms with Gasteiger partial charge in [0.2, 0.25) is 17.6 Å². The third kappa shape index (κ3) is 4.17. The second-order valence-corrected chi connectivity index (χ2v) is 13.3. The first kappa shape index (κ1) is 32.6. The molecule has 0 bridgehead atoms. The number of aromatic hydroxyl groups is 1. The normalized spacial score (nSPS) is 29.2. The fourth-order valence-corrected chi connectivity index (χ4v) is 8.52. The van der Waals surface area contributed by atoms with Crippen LogP contribution >= 0.6 is 23.2 Å². The molecule has 0 aromatic heterocycles.